The molecule has 5 nitrogen and oxygen atoms in total. The van der Waals surface area contributed by atoms with E-state index in [1.807, 2.05) is 0 Å². The van der Waals surface area contributed by atoms with Gasteiger partial charge in [0.15, 0.2) is 5.13 Å². The summed E-state index contributed by atoms with van der Waals surface area (Å²) >= 11 is 1.14. The van der Waals surface area contributed by atoms with Crippen molar-refractivity contribution in [3.63, 3.8) is 0 Å². The molecule has 9 heteroatoms. The third kappa shape index (κ3) is 4.38. The lowest BCUT2D eigenvalue weighted by atomic mass is 10.0. The van der Waals surface area contributed by atoms with Crippen LogP contribution in [0.4, 0.5) is 13.9 Å². The Labute approximate surface area is 183 Å². The number of benzene rings is 2. The van der Waals surface area contributed by atoms with Gasteiger partial charge in [0, 0.05) is 17.9 Å². The van der Waals surface area contributed by atoms with Crippen LogP contribution in [0.5, 0.6) is 0 Å². The third-order valence-corrected chi connectivity index (χ3v) is 9.50. The molecule has 1 aliphatic carbocycles. The van der Waals surface area contributed by atoms with Crippen LogP contribution in [-0.2, 0) is 20.9 Å². The van der Waals surface area contributed by atoms with Crippen LogP contribution < -0.4 is 4.90 Å². The number of nitrogens with zero attached hydrogens (tertiary/aromatic N) is 2. The van der Waals surface area contributed by atoms with E-state index in [1.165, 1.54) is 4.90 Å². The van der Waals surface area contributed by atoms with Gasteiger partial charge < -0.3 is 0 Å². The van der Waals surface area contributed by atoms with E-state index in [1.54, 1.807) is 38.2 Å². The van der Waals surface area contributed by atoms with Crippen molar-refractivity contribution >= 4 is 32.1 Å². The highest BCUT2D eigenvalue weighted by atomic mass is 32.2. The lowest BCUT2D eigenvalue weighted by Gasteiger charge is -2.14. The first kappa shape index (κ1) is 21.6. The molecule has 0 radical (unpaired) electrons. The van der Waals surface area contributed by atoms with Gasteiger partial charge in [-0.05, 0) is 49.1 Å². The van der Waals surface area contributed by atoms with Crippen LogP contribution in [0.15, 0.2) is 46.7 Å². The van der Waals surface area contributed by atoms with E-state index < -0.39 is 21.4 Å². The predicted molar refractivity (Wildman–Crippen MR) is 118 cm³/mol. The van der Waals surface area contributed by atoms with Crippen molar-refractivity contribution < 1.29 is 17.8 Å². The van der Waals surface area contributed by atoms with Gasteiger partial charge >= 0.3 is 0 Å². The summed E-state index contributed by atoms with van der Waals surface area (Å²) in [6.07, 6.45) is 1.67. The number of aryl methyl sites for hydroxylation is 1. The van der Waals surface area contributed by atoms with Gasteiger partial charge in [-0.15, -0.1) is 0 Å². The summed E-state index contributed by atoms with van der Waals surface area (Å²) in [6, 6.07) is 9.99. The van der Waals surface area contributed by atoms with Gasteiger partial charge in [0.05, 0.1) is 21.8 Å². The third-order valence-electron chi connectivity index (χ3n) is 5.22. The first-order valence-corrected chi connectivity index (χ1v) is 12.2. The molecule has 1 saturated carbocycles. The molecule has 2 aromatic carbocycles. The van der Waals surface area contributed by atoms with Gasteiger partial charge in [-0.1, -0.05) is 35.6 Å². The Kier molecular flexibility index (Phi) is 5.65. The molecule has 1 N–H and O–H groups in total. The summed E-state index contributed by atoms with van der Waals surface area (Å²) in [5.41, 5.74) is 1.93. The number of nitrogens with one attached hydrogen (secondary N) is 1. The topological polar surface area (TPSA) is 74.1 Å². The SMILES string of the molecule is Cc1nc(N(C)C(=O)Cc2ccc(-c3cc(F)ccc3F)cc2)sc1[S@@](=N)(=O)C1CC1. The van der Waals surface area contributed by atoms with E-state index in [0.29, 0.717) is 26.2 Å². The number of carbonyl (C=O) groups is 1. The van der Waals surface area contributed by atoms with Crippen molar-refractivity contribution in [3.05, 3.63) is 65.4 Å². The van der Waals surface area contributed by atoms with Gasteiger partial charge in [0.1, 0.15) is 15.8 Å². The highest BCUT2D eigenvalue weighted by molar-refractivity contribution is 7.95. The van der Waals surface area contributed by atoms with E-state index in [0.717, 1.165) is 42.4 Å². The maximum Gasteiger partial charge on any atom is 0.232 e. The van der Waals surface area contributed by atoms with Gasteiger partial charge in [0.2, 0.25) is 5.91 Å². The molecular weight excluding hydrogens is 440 g/mol. The van der Waals surface area contributed by atoms with Crippen molar-refractivity contribution in [1.29, 1.82) is 4.78 Å². The molecule has 0 spiro atoms. The minimum absolute atomic E-state index is 0.0925. The molecule has 0 aliphatic heterocycles. The summed E-state index contributed by atoms with van der Waals surface area (Å²) in [4.78, 5) is 18.5. The van der Waals surface area contributed by atoms with Crippen LogP contribution in [0.2, 0.25) is 0 Å². The van der Waals surface area contributed by atoms with Gasteiger partial charge in [-0.25, -0.2) is 22.8 Å². The summed E-state index contributed by atoms with van der Waals surface area (Å²) < 4.78 is 48.8. The molecule has 4 rings (SSSR count). The minimum atomic E-state index is -2.87. The summed E-state index contributed by atoms with van der Waals surface area (Å²) in [5.74, 6) is -1.25. The molecule has 162 valence electrons. The van der Waals surface area contributed by atoms with E-state index in [-0.39, 0.29) is 23.1 Å². The molecule has 31 heavy (non-hydrogen) atoms. The molecule has 1 heterocycles. The number of anilines is 1. The van der Waals surface area contributed by atoms with Crippen molar-refractivity contribution in [2.24, 2.45) is 0 Å². The quantitative estimate of drug-likeness (QED) is 0.550. The number of thiazole rings is 1. The second kappa shape index (κ2) is 8.12. The molecule has 1 fully saturated rings. The fraction of sp³-hybridized carbons (Fsp3) is 0.273. The van der Waals surface area contributed by atoms with Crippen molar-refractivity contribution in [2.45, 2.75) is 35.6 Å². The Morgan fingerprint density at radius 3 is 2.55 bits per heavy atom. The minimum Gasteiger partial charge on any atom is -0.291 e. The van der Waals surface area contributed by atoms with Crippen molar-refractivity contribution in [2.75, 3.05) is 11.9 Å². The zero-order valence-electron chi connectivity index (χ0n) is 17.0. The Bertz CT molecular complexity index is 1250. The Hall–Kier alpha value is -2.65. The van der Waals surface area contributed by atoms with Crippen LogP contribution in [0.25, 0.3) is 11.1 Å². The molecule has 0 unspecified atom stereocenters. The average molecular weight is 462 g/mol. The number of rotatable bonds is 6. The van der Waals surface area contributed by atoms with Crippen LogP contribution in [0, 0.1) is 23.3 Å². The Balaban J connectivity index is 1.49. The molecule has 0 saturated heterocycles. The first-order valence-electron chi connectivity index (χ1n) is 9.73. The van der Waals surface area contributed by atoms with Crippen LogP contribution in [-0.4, -0.2) is 27.4 Å². The van der Waals surface area contributed by atoms with Gasteiger partial charge in [-0.3, -0.25) is 9.69 Å². The van der Waals surface area contributed by atoms with E-state index in [4.69, 9.17) is 4.78 Å². The number of hydrogen-bond acceptors (Lipinski definition) is 5. The lowest BCUT2D eigenvalue weighted by molar-refractivity contribution is -0.117. The monoisotopic (exact) mass is 461 g/mol. The Morgan fingerprint density at radius 1 is 1.23 bits per heavy atom. The largest absolute Gasteiger partial charge is 0.291 e. The summed E-state index contributed by atoms with van der Waals surface area (Å²) in [7, 11) is -1.27. The van der Waals surface area contributed by atoms with E-state index >= 15 is 0 Å². The molecule has 3 aromatic rings. The van der Waals surface area contributed by atoms with Crippen LogP contribution >= 0.6 is 11.3 Å². The van der Waals surface area contributed by atoms with E-state index in [9.17, 15) is 17.8 Å². The lowest BCUT2D eigenvalue weighted by Crippen LogP contribution is -2.27. The predicted octanol–water partition coefficient (Wildman–Crippen LogP) is 5.17. The second-order valence-electron chi connectivity index (χ2n) is 7.62. The first-order chi connectivity index (χ1) is 14.7. The summed E-state index contributed by atoms with van der Waals surface area (Å²) in [5, 5.41) is 0.304. The molecule has 1 atom stereocenters. The molecule has 1 amide bonds. The number of hydrogen-bond donors (Lipinski definition) is 1. The van der Waals surface area contributed by atoms with Crippen molar-refractivity contribution in [3.8, 4) is 11.1 Å². The van der Waals surface area contributed by atoms with Gasteiger partial charge in [0.25, 0.3) is 0 Å². The summed E-state index contributed by atoms with van der Waals surface area (Å²) in [6.45, 7) is 1.72. The fourth-order valence-electron chi connectivity index (χ4n) is 3.27. The number of likely N-dealkylation sites (N-methyl/N-ethyl adjacent to an activating group) is 1. The molecular formula is C22H21F2N3O2S2. The average Bonchev–Trinajstić information content (AvgIpc) is 3.52. The maximum absolute atomic E-state index is 14.0. The van der Waals surface area contributed by atoms with E-state index in [2.05, 4.69) is 4.98 Å². The highest BCUT2D eigenvalue weighted by Gasteiger charge is 2.36. The number of carbonyl (C=O) groups excluding carboxylic acids is 1. The molecule has 1 aromatic heterocycles. The zero-order chi connectivity index (χ0) is 22.3. The number of amides is 1. The normalized spacial score (nSPS) is 15.5. The van der Waals surface area contributed by atoms with Crippen LogP contribution in [0.1, 0.15) is 24.1 Å². The standard InChI is InChI=1S/C22H21F2N3O2S2/c1-13-21(31(25,29)17-8-9-17)30-22(26-13)27(2)20(28)11-14-3-5-15(6-4-14)18-12-16(23)7-10-19(18)24/h3-7,10,12,17,25H,8-9,11H2,1-2H3/t31-/m0/s1. The number of halogens is 2. The molecule has 0 bridgehead atoms. The second-order valence-corrected chi connectivity index (χ2v) is 11.1. The number of aromatic nitrogens is 1. The fourth-order valence-corrected chi connectivity index (χ4v) is 6.76. The highest BCUT2D eigenvalue weighted by Crippen LogP contribution is 2.39. The van der Waals surface area contributed by atoms with Crippen molar-refractivity contribution in [1.82, 2.24) is 4.98 Å². The van der Waals surface area contributed by atoms with Crippen LogP contribution in [0.3, 0.4) is 0 Å². The smallest absolute Gasteiger partial charge is 0.232 e. The maximum atomic E-state index is 14.0. The zero-order valence-corrected chi connectivity index (χ0v) is 18.7. The molecule has 1 aliphatic rings. The Morgan fingerprint density at radius 2 is 1.90 bits per heavy atom. The van der Waals surface area contributed by atoms with Gasteiger partial charge in [-0.2, -0.15) is 0 Å².